The average molecular weight is 333 g/mol. The Morgan fingerprint density at radius 2 is 1.91 bits per heavy atom. The van der Waals surface area contributed by atoms with E-state index in [0.29, 0.717) is 11.3 Å². The fourth-order valence-corrected chi connectivity index (χ4v) is 5.45. The average Bonchev–Trinajstić information content (AvgIpc) is 2.59. The van der Waals surface area contributed by atoms with Gasteiger partial charge in [0.1, 0.15) is 0 Å². The van der Waals surface area contributed by atoms with Crippen LogP contribution in [0, 0.1) is 17.3 Å². The summed E-state index contributed by atoms with van der Waals surface area (Å²) in [6.07, 6.45) is 4.96. The molecule has 0 aliphatic heterocycles. The smallest absolute Gasteiger partial charge is 0.192 e. The summed E-state index contributed by atoms with van der Waals surface area (Å²) in [5.41, 5.74) is 3.21. The van der Waals surface area contributed by atoms with Crippen LogP contribution >= 0.6 is 8.38 Å². The standard InChI is InChI=1S/C19H28NO2P/c1-19(2)15-10-11-16(17(19)12-15)18(23(21-3)22-4)20-13-14-8-6-5-7-9-14/h5-9,11,15,17-18,20H,10,12-13H2,1-4H3/t15-,17-,18?/m0/s1. The van der Waals surface area contributed by atoms with E-state index in [2.05, 4.69) is 55.6 Å². The van der Waals surface area contributed by atoms with Crippen LogP contribution in [0.25, 0.3) is 0 Å². The zero-order valence-corrected chi connectivity index (χ0v) is 15.5. The van der Waals surface area contributed by atoms with Gasteiger partial charge in [-0.05, 0) is 41.2 Å². The Labute approximate surface area is 141 Å². The largest absolute Gasteiger partial charge is 0.336 e. The van der Waals surface area contributed by atoms with Crippen LogP contribution in [0.2, 0.25) is 0 Å². The Hall–Kier alpha value is -0.730. The van der Waals surface area contributed by atoms with Gasteiger partial charge in [-0.25, -0.2) is 0 Å². The normalized spacial score (nSPS) is 26.6. The third kappa shape index (κ3) is 3.25. The molecule has 1 fully saturated rings. The second kappa shape index (κ2) is 7.03. The second-order valence-electron chi connectivity index (χ2n) is 7.17. The van der Waals surface area contributed by atoms with E-state index >= 15 is 0 Å². The summed E-state index contributed by atoms with van der Waals surface area (Å²) >= 11 is 0. The van der Waals surface area contributed by atoms with Crippen LogP contribution in [-0.4, -0.2) is 20.0 Å². The molecular weight excluding hydrogens is 305 g/mol. The van der Waals surface area contributed by atoms with Gasteiger partial charge >= 0.3 is 0 Å². The van der Waals surface area contributed by atoms with E-state index in [4.69, 9.17) is 9.05 Å². The van der Waals surface area contributed by atoms with Gasteiger partial charge in [-0.1, -0.05) is 50.3 Å². The van der Waals surface area contributed by atoms with E-state index in [9.17, 15) is 0 Å². The molecule has 0 aromatic heterocycles. The van der Waals surface area contributed by atoms with E-state index < -0.39 is 8.38 Å². The molecule has 3 aliphatic carbocycles. The summed E-state index contributed by atoms with van der Waals surface area (Å²) in [4.78, 5) is 0. The number of rotatable bonds is 7. The first kappa shape index (κ1) is 17.1. The summed E-state index contributed by atoms with van der Waals surface area (Å²) < 4.78 is 11.4. The third-order valence-electron chi connectivity index (χ3n) is 5.74. The molecule has 0 saturated heterocycles. The van der Waals surface area contributed by atoms with Crippen LogP contribution in [0.15, 0.2) is 42.0 Å². The lowest BCUT2D eigenvalue weighted by Crippen LogP contribution is -2.51. The van der Waals surface area contributed by atoms with Crippen LogP contribution in [0.5, 0.6) is 0 Å². The van der Waals surface area contributed by atoms with Gasteiger partial charge in [-0.15, -0.1) is 0 Å². The summed E-state index contributed by atoms with van der Waals surface area (Å²) in [7, 11) is 2.55. The molecule has 3 nitrogen and oxygen atoms in total. The first-order valence-electron chi connectivity index (χ1n) is 8.42. The van der Waals surface area contributed by atoms with Crippen molar-refractivity contribution in [2.24, 2.45) is 17.3 Å². The fraction of sp³-hybridized carbons (Fsp3) is 0.579. The van der Waals surface area contributed by atoms with Crippen molar-refractivity contribution in [1.29, 1.82) is 0 Å². The van der Waals surface area contributed by atoms with Crippen molar-refractivity contribution < 1.29 is 9.05 Å². The monoisotopic (exact) mass is 333 g/mol. The van der Waals surface area contributed by atoms with Gasteiger partial charge < -0.3 is 9.05 Å². The quantitative estimate of drug-likeness (QED) is 0.579. The molecule has 2 bridgehead atoms. The van der Waals surface area contributed by atoms with Gasteiger partial charge in [-0.3, -0.25) is 5.32 Å². The predicted molar refractivity (Wildman–Crippen MR) is 96.1 cm³/mol. The van der Waals surface area contributed by atoms with Crippen LogP contribution in [0.4, 0.5) is 0 Å². The number of benzene rings is 1. The van der Waals surface area contributed by atoms with E-state index in [1.54, 1.807) is 14.2 Å². The molecule has 1 N–H and O–H groups in total. The minimum atomic E-state index is -0.962. The lowest BCUT2D eigenvalue weighted by Gasteiger charge is -2.57. The van der Waals surface area contributed by atoms with Gasteiger partial charge in [0.25, 0.3) is 0 Å². The minimum Gasteiger partial charge on any atom is -0.336 e. The molecule has 1 aromatic carbocycles. The SMILES string of the molecule is COP(OC)C(NCc1ccccc1)C1=CC[C@H]2C[C@@H]1C2(C)C. The van der Waals surface area contributed by atoms with Gasteiger partial charge in [0.15, 0.2) is 8.38 Å². The number of nitrogens with one attached hydrogen (secondary N) is 1. The number of hydrogen-bond donors (Lipinski definition) is 1. The molecule has 4 heteroatoms. The zero-order valence-electron chi connectivity index (χ0n) is 14.6. The molecule has 23 heavy (non-hydrogen) atoms. The Morgan fingerprint density at radius 1 is 1.22 bits per heavy atom. The Kier molecular flexibility index (Phi) is 5.22. The Balaban J connectivity index is 1.77. The summed E-state index contributed by atoms with van der Waals surface area (Å²) in [6.45, 7) is 5.66. The van der Waals surface area contributed by atoms with Gasteiger partial charge in [0, 0.05) is 20.8 Å². The molecule has 3 atom stereocenters. The van der Waals surface area contributed by atoms with Crippen LogP contribution in [-0.2, 0) is 15.6 Å². The van der Waals surface area contributed by atoms with E-state index in [1.165, 1.54) is 24.0 Å². The highest BCUT2D eigenvalue weighted by Crippen LogP contribution is 2.62. The van der Waals surface area contributed by atoms with Crippen molar-refractivity contribution >= 4 is 8.38 Å². The van der Waals surface area contributed by atoms with Crippen molar-refractivity contribution in [1.82, 2.24) is 5.32 Å². The molecule has 1 aromatic rings. The van der Waals surface area contributed by atoms with Crippen molar-refractivity contribution in [2.75, 3.05) is 14.2 Å². The topological polar surface area (TPSA) is 30.5 Å². The maximum atomic E-state index is 5.68. The first-order chi connectivity index (χ1) is 11.1. The van der Waals surface area contributed by atoms with E-state index in [-0.39, 0.29) is 5.78 Å². The highest BCUT2D eigenvalue weighted by molar-refractivity contribution is 7.48. The summed E-state index contributed by atoms with van der Waals surface area (Å²) in [5.74, 6) is 1.68. The van der Waals surface area contributed by atoms with E-state index in [0.717, 1.165) is 12.5 Å². The molecule has 0 radical (unpaired) electrons. The minimum absolute atomic E-state index is 0.172. The molecule has 126 valence electrons. The van der Waals surface area contributed by atoms with Gasteiger partial charge in [0.2, 0.25) is 0 Å². The van der Waals surface area contributed by atoms with Crippen LogP contribution in [0.1, 0.15) is 32.3 Å². The number of hydrogen-bond acceptors (Lipinski definition) is 3. The maximum Gasteiger partial charge on any atom is 0.192 e. The van der Waals surface area contributed by atoms with Crippen LogP contribution < -0.4 is 5.32 Å². The molecule has 3 aliphatic rings. The highest BCUT2D eigenvalue weighted by atomic mass is 31.2. The maximum absolute atomic E-state index is 5.68. The van der Waals surface area contributed by atoms with Crippen molar-refractivity contribution in [3.8, 4) is 0 Å². The van der Waals surface area contributed by atoms with Crippen molar-refractivity contribution in [2.45, 2.75) is 39.0 Å². The Morgan fingerprint density at radius 3 is 2.48 bits per heavy atom. The number of allylic oxidation sites excluding steroid dienone is 1. The summed E-state index contributed by atoms with van der Waals surface area (Å²) in [6, 6.07) is 10.5. The van der Waals surface area contributed by atoms with Crippen LogP contribution in [0.3, 0.4) is 0 Å². The molecule has 4 rings (SSSR count). The molecular formula is C19H28NO2P. The Bertz CT molecular complexity index is 554. The lowest BCUT2D eigenvalue weighted by molar-refractivity contribution is -0.00906. The van der Waals surface area contributed by atoms with Gasteiger partial charge in [0.05, 0.1) is 5.78 Å². The highest BCUT2D eigenvalue weighted by Gasteiger charge is 2.53. The van der Waals surface area contributed by atoms with Gasteiger partial charge in [-0.2, -0.15) is 0 Å². The lowest BCUT2D eigenvalue weighted by atomic mass is 9.49. The molecule has 0 spiro atoms. The third-order valence-corrected chi connectivity index (χ3v) is 7.36. The molecule has 1 unspecified atom stereocenters. The molecule has 1 saturated carbocycles. The van der Waals surface area contributed by atoms with Crippen molar-refractivity contribution in [3.05, 3.63) is 47.5 Å². The summed E-state index contributed by atoms with van der Waals surface area (Å²) in [5, 5.41) is 3.71. The van der Waals surface area contributed by atoms with E-state index in [1.807, 2.05) is 0 Å². The number of fused-ring (bicyclic) bond motifs is 1. The predicted octanol–water partition coefficient (Wildman–Crippen LogP) is 4.70. The fourth-order valence-electron chi connectivity index (χ4n) is 4.11. The van der Waals surface area contributed by atoms with Crippen molar-refractivity contribution in [3.63, 3.8) is 0 Å². The second-order valence-corrected chi connectivity index (χ2v) is 8.98. The zero-order chi connectivity index (χ0) is 16.4. The first-order valence-corrected chi connectivity index (χ1v) is 9.67. The molecule has 0 heterocycles. The molecule has 0 amide bonds.